The van der Waals surface area contributed by atoms with Crippen molar-refractivity contribution in [1.82, 2.24) is 5.32 Å². The van der Waals surface area contributed by atoms with Crippen molar-refractivity contribution in [2.75, 3.05) is 13.2 Å². The zero-order valence-electron chi connectivity index (χ0n) is 11.2. The van der Waals surface area contributed by atoms with E-state index in [-0.39, 0.29) is 0 Å². The second-order valence-corrected chi connectivity index (χ2v) is 7.53. The smallest absolute Gasteiger partial charge is 0.0770 e. The van der Waals surface area contributed by atoms with Crippen LogP contribution in [0.3, 0.4) is 0 Å². The first-order valence-corrected chi connectivity index (χ1v) is 8.44. The van der Waals surface area contributed by atoms with Crippen molar-refractivity contribution < 1.29 is 4.74 Å². The quantitative estimate of drug-likeness (QED) is 0.861. The molecule has 2 rings (SSSR count). The topological polar surface area (TPSA) is 21.3 Å². The summed E-state index contributed by atoms with van der Waals surface area (Å²) in [6, 6.07) is 2.61. The van der Waals surface area contributed by atoms with E-state index in [9.17, 15) is 0 Å². The highest BCUT2D eigenvalue weighted by Gasteiger charge is 2.27. The molecule has 0 aliphatic carbocycles. The van der Waals surface area contributed by atoms with Crippen LogP contribution in [0, 0.1) is 6.92 Å². The minimum Gasteiger partial charge on any atom is -0.376 e. The van der Waals surface area contributed by atoms with Crippen molar-refractivity contribution in [3.63, 3.8) is 0 Å². The molecule has 1 saturated heterocycles. The maximum Gasteiger partial charge on any atom is 0.0770 e. The summed E-state index contributed by atoms with van der Waals surface area (Å²) in [5, 5.41) is 3.67. The number of aryl methyl sites for hydroxylation is 1. The Balaban J connectivity index is 2.15. The molecule has 1 aliphatic rings. The largest absolute Gasteiger partial charge is 0.376 e. The van der Waals surface area contributed by atoms with Crippen molar-refractivity contribution in [2.45, 2.75) is 51.7 Å². The Kier molecular flexibility index (Phi) is 5.67. The summed E-state index contributed by atoms with van der Waals surface area (Å²) in [6.45, 7) is 6.38. The Bertz CT molecular complexity index is 374. The standard InChI is InChI=1S/C14H22BrNOS/c1-3-7-16-14(12-6-4-5-8-17-12)11-9-13(15)18-10(11)2/h9,12,14,16H,3-8H2,1-2H3. The average Bonchev–Trinajstić information content (AvgIpc) is 2.70. The van der Waals surface area contributed by atoms with Crippen molar-refractivity contribution in [3.05, 3.63) is 20.3 Å². The average molecular weight is 332 g/mol. The first-order valence-electron chi connectivity index (χ1n) is 6.83. The van der Waals surface area contributed by atoms with Gasteiger partial charge in [0.15, 0.2) is 0 Å². The summed E-state index contributed by atoms with van der Waals surface area (Å²) < 4.78 is 7.20. The zero-order valence-corrected chi connectivity index (χ0v) is 13.6. The lowest BCUT2D eigenvalue weighted by Gasteiger charge is -2.31. The van der Waals surface area contributed by atoms with E-state index in [0.717, 1.165) is 19.6 Å². The number of thiophene rings is 1. The molecule has 2 unspecified atom stereocenters. The van der Waals surface area contributed by atoms with E-state index in [1.165, 1.54) is 33.5 Å². The van der Waals surface area contributed by atoms with Gasteiger partial charge in [-0.25, -0.2) is 0 Å². The van der Waals surface area contributed by atoms with Crippen LogP contribution in [0.15, 0.2) is 9.85 Å². The molecule has 1 aliphatic heterocycles. The first kappa shape index (κ1) is 14.5. The number of ether oxygens (including phenoxy) is 1. The first-order chi connectivity index (χ1) is 8.72. The fraction of sp³-hybridized carbons (Fsp3) is 0.714. The van der Waals surface area contributed by atoms with Gasteiger partial charge in [0.05, 0.1) is 15.9 Å². The van der Waals surface area contributed by atoms with E-state index in [1.807, 2.05) is 11.3 Å². The lowest BCUT2D eigenvalue weighted by molar-refractivity contribution is -0.00818. The Morgan fingerprint density at radius 2 is 2.39 bits per heavy atom. The second-order valence-electron chi connectivity index (χ2n) is 4.90. The van der Waals surface area contributed by atoms with Crippen LogP contribution < -0.4 is 5.32 Å². The van der Waals surface area contributed by atoms with Gasteiger partial charge < -0.3 is 10.1 Å². The Labute approximate surface area is 122 Å². The van der Waals surface area contributed by atoms with Crippen LogP contribution >= 0.6 is 27.3 Å². The minimum absolute atomic E-state index is 0.338. The van der Waals surface area contributed by atoms with Gasteiger partial charge >= 0.3 is 0 Å². The molecule has 0 saturated carbocycles. The van der Waals surface area contributed by atoms with E-state index < -0.39 is 0 Å². The van der Waals surface area contributed by atoms with E-state index >= 15 is 0 Å². The fourth-order valence-electron chi connectivity index (χ4n) is 2.54. The lowest BCUT2D eigenvalue weighted by Crippen LogP contribution is -2.36. The molecule has 0 radical (unpaired) electrons. The van der Waals surface area contributed by atoms with Gasteiger partial charge in [0.1, 0.15) is 0 Å². The van der Waals surface area contributed by atoms with Gasteiger partial charge in [-0.3, -0.25) is 0 Å². The van der Waals surface area contributed by atoms with E-state index in [4.69, 9.17) is 4.74 Å². The molecule has 0 spiro atoms. The van der Waals surface area contributed by atoms with Crippen LogP contribution in [0.4, 0.5) is 0 Å². The van der Waals surface area contributed by atoms with Crippen molar-refractivity contribution in [2.24, 2.45) is 0 Å². The predicted octanol–water partition coefficient (Wildman–Crippen LogP) is 4.43. The fourth-order valence-corrected chi connectivity index (χ4v) is 4.29. The number of rotatable bonds is 5. The summed E-state index contributed by atoms with van der Waals surface area (Å²) in [5.41, 5.74) is 1.41. The van der Waals surface area contributed by atoms with Crippen LogP contribution in [0.5, 0.6) is 0 Å². The second kappa shape index (κ2) is 7.04. The van der Waals surface area contributed by atoms with Crippen LogP contribution in [0.25, 0.3) is 0 Å². The third-order valence-corrected chi connectivity index (χ3v) is 5.03. The van der Waals surface area contributed by atoms with Crippen LogP contribution in [-0.2, 0) is 4.74 Å². The maximum atomic E-state index is 5.98. The van der Waals surface area contributed by atoms with Gasteiger partial charge in [-0.05, 0) is 66.7 Å². The van der Waals surface area contributed by atoms with Gasteiger partial charge in [0.25, 0.3) is 0 Å². The monoisotopic (exact) mass is 331 g/mol. The van der Waals surface area contributed by atoms with Crippen LogP contribution in [0.2, 0.25) is 0 Å². The van der Waals surface area contributed by atoms with Gasteiger partial charge in [0, 0.05) is 11.5 Å². The molecule has 4 heteroatoms. The molecule has 1 N–H and O–H groups in total. The van der Waals surface area contributed by atoms with Gasteiger partial charge in [-0.1, -0.05) is 6.92 Å². The SMILES string of the molecule is CCCNC(c1cc(Br)sc1C)C1CCCCO1. The molecule has 102 valence electrons. The molecule has 18 heavy (non-hydrogen) atoms. The van der Waals surface area contributed by atoms with E-state index in [1.54, 1.807) is 0 Å². The van der Waals surface area contributed by atoms with Crippen molar-refractivity contribution in [3.8, 4) is 0 Å². The highest BCUT2D eigenvalue weighted by molar-refractivity contribution is 9.11. The summed E-state index contributed by atoms with van der Waals surface area (Å²) in [5.74, 6) is 0. The Morgan fingerprint density at radius 3 is 2.94 bits per heavy atom. The summed E-state index contributed by atoms with van der Waals surface area (Å²) in [4.78, 5) is 1.39. The molecule has 0 aromatic carbocycles. The molecule has 1 aromatic rings. The van der Waals surface area contributed by atoms with E-state index in [0.29, 0.717) is 12.1 Å². The van der Waals surface area contributed by atoms with E-state index in [2.05, 4.69) is 41.2 Å². The molecule has 0 amide bonds. The van der Waals surface area contributed by atoms with Gasteiger partial charge in [0.2, 0.25) is 0 Å². The number of halogens is 1. The van der Waals surface area contributed by atoms with Gasteiger partial charge in [-0.2, -0.15) is 0 Å². The summed E-state index contributed by atoms with van der Waals surface area (Å²) in [6.07, 6.45) is 5.18. The molecule has 1 fully saturated rings. The molecule has 2 heterocycles. The number of nitrogens with one attached hydrogen (secondary N) is 1. The van der Waals surface area contributed by atoms with Gasteiger partial charge in [-0.15, -0.1) is 11.3 Å². The normalized spacial score (nSPS) is 22.1. The molecular formula is C14H22BrNOS. The molecule has 2 atom stereocenters. The zero-order chi connectivity index (χ0) is 13.0. The predicted molar refractivity (Wildman–Crippen MR) is 81.4 cm³/mol. The van der Waals surface area contributed by atoms with Crippen molar-refractivity contribution >= 4 is 27.3 Å². The lowest BCUT2D eigenvalue weighted by atomic mass is 9.96. The van der Waals surface area contributed by atoms with Crippen LogP contribution in [-0.4, -0.2) is 19.3 Å². The molecule has 0 bridgehead atoms. The molecule has 1 aromatic heterocycles. The summed E-state index contributed by atoms with van der Waals surface area (Å²) >= 11 is 5.41. The van der Waals surface area contributed by atoms with Crippen LogP contribution in [0.1, 0.15) is 49.1 Å². The Morgan fingerprint density at radius 1 is 1.56 bits per heavy atom. The molecular weight excluding hydrogens is 310 g/mol. The highest BCUT2D eigenvalue weighted by atomic mass is 79.9. The number of hydrogen-bond acceptors (Lipinski definition) is 3. The van der Waals surface area contributed by atoms with Crippen molar-refractivity contribution in [1.29, 1.82) is 0 Å². The third-order valence-electron chi connectivity index (χ3n) is 3.46. The number of hydrogen-bond donors (Lipinski definition) is 1. The third kappa shape index (κ3) is 3.56. The summed E-state index contributed by atoms with van der Waals surface area (Å²) in [7, 11) is 0. The minimum atomic E-state index is 0.338. The maximum absolute atomic E-state index is 5.98. The highest BCUT2D eigenvalue weighted by Crippen LogP contribution is 2.35. The molecule has 2 nitrogen and oxygen atoms in total. The Hall–Kier alpha value is 0.1000.